The summed E-state index contributed by atoms with van der Waals surface area (Å²) in [6, 6.07) is 24.7. The number of ether oxygens (including phenoxy) is 1. The van der Waals surface area contributed by atoms with Crippen molar-refractivity contribution in [1.29, 1.82) is 0 Å². The van der Waals surface area contributed by atoms with Gasteiger partial charge in [0, 0.05) is 55.6 Å². The molecule has 1 saturated heterocycles. The van der Waals surface area contributed by atoms with Crippen LogP contribution in [0.2, 0.25) is 0 Å². The highest BCUT2D eigenvalue weighted by Crippen LogP contribution is 2.25. The Morgan fingerprint density at radius 2 is 1.71 bits per heavy atom. The van der Waals surface area contributed by atoms with Crippen LogP contribution in [0.25, 0.3) is 0 Å². The zero-order valence-corrected chi connectivity index (χ0v) is 20.7. The van der Waals surface area contributed by atoms with Gasteiger partial charge in [-0.05, 0) is 61.4 Å². The highest BCUT2D eigenvalue weighted by Gasteiger charge is 2.27. The van der Waals surface area contributed by atoms with Crippen molar-refractivity contribution in [2.24, 2.45) is 5.92 Å². The van der Waals surface area contributed by atoms with Gasteiger partial charge in [-0.2, -0.15) is 0 Å². The van der Waals surface area contributed by atoms with Gasteiger partial charge >= 0.3 is 0 Å². The summed E-state index contributed by atoms with van der Waals surface area (Å²) in [7, 11) is 0. The van der Waals surface area contributed by atoms with Gasteiger partial charge in [0.1, 0.15) is 17.2 Å². The highest BCUT2D eigenvalue weighted by molar-refractivity contribution is 5.94. The summed E-state index contributed by atoms with van der Waals surface area (Å²) in [5.74, 6) is 1.99. The van der Waals surface area contributed by atoms with Crippen LogP contribution >= 0.6 is 0 Å². The molecule has 6 heteroatoms. The minimum atomic E-state index is -0.0681. The van der Waals surface area contributed by atoms with Crippen LogP contribution in [-0.2, 0) is 0 Å². The summed E-state index contributed by atoms with van der Waals surface area (Å²) in [5, 5.41) is 13.1. The average molecular weight is 474 g/mol. The van der Waals surface area contributed by atoms with Crippen LogP contribution in [-0.4, -0.2) is 54.2 Å². The van der Waals surface area contributed by atoms with Crippen molar-refractivity contribution in [3.8, 4) is 17.2 Å². The molecule has 0 bridgehead atoms. The van der Waals surface area contributed by atoms with Gasteiger partial charge in [0.05, 0.1) is 0 Å². The molecule has 2 atom stereocenters. The van der Waals surface area contributed by atoms with Crippen molar-refractivity contribution in [3.05, 3.63) is 84.4 Å². The van der Waals surface area contributed by atoms with E-state index in [1.54, 1.807) is 18.2 Å². The standard InChI is InChI=1S/C29H35N3O3/c1-21(2)28(20-31-16-17-32(22(3)19-31)24-8-7-9-25(33)18-24)30-29(34)23-12-14-27(15-13-23)35-26-10-5-4-6-11-26/h4-15,18,21-22,28,33H,16-17,19-20H2,1-3H3,(H,30,34)/t22-,28+/m0/s1. The minimum absolute atomic E-state index is 0.0438. The number of rotatable bonds is 8. The summed E-state index contributed by atoms with van der Waals surface area (Å²) in [4.78, 5) is 17.8. The van der Waals surface area contributed by atoms with Crippen LogP contribution in [0.3, 0.4) is 0 Å². The summed E-state index contributed by atoms with van der Waals surface area (Å²) in [5.41, 5.74) is 1.67. The molecule has 0 saturated carbocycles. The van der Waals surface area contributed by atoms with Crippen LogP contribution < -0.4 is 15.0 Å². The molecule has 0 aromatic heterocycles. The molecule has 1 aliphatic heterocycles. The maximum Gasteiger partial charge on any atom is 0.251 e. The molecule has 1 heterocycles. The molecular weight excluding hydrogens is 438 g/mol. The van der Waals surface area contributed by atoms with Crippen LogP contribution in [0.1, 0.15) is 31.1 Å². The van der Waals surface area contributed by atoms with E-state index in [1.807, 2.05) is 60.7 Å². The number of nitrogens with zero attached hydrogens (tertiary/aromatic N) is 2. The molecule has 2 N–H and O–H groups in total. The number of amides is 1. The highest BCUT2D eigenvalue weighted by atomic mass is 16.5. The molecule has 184 valence electrons. The lowest BCUT2D eigenvalue weighted by Gasteiger charge is -2.42. The molecule has 0 unspecified atom stereocenters. The first-order valence-corrected chi connectivity index (χ1v) is 12.3. The van der Waals surface area contributed by atoms with E-state index in [0.29, 0.717) is 29.0 Å². The SMILES string of the molecule is CC(C)[C@@H](CN1CCN(c2cccc(O)c2)[C@@H](C)C1)NC(=O)c1ccc(Oc2ccccc2)cc1. The molecular formula is C29H35N3O3. The number of aromatic hydroxyl groups is 1. The second kappa shape index (κ2) is 11.3. The van der Waals surface area contributed by atoms with Crippen LogP contribution in [0.4, 0.5) is 5.69 Å². The number of carbonyl (C=O) groups excluding carboxylic acids is 1. The van der Waals surface area contributed by atoms with Gasteiger partial charge in [0.25, 0.3) is 5.91 Å². The minimum Gasteiger partial charge on any atom is -0.508 e. The van der Waals surface area contributed by atoms with E-state index in [2.05, 4.69) is 35.9 Å². The Balaban J connectivity index is 1.33. The summed E-state index contributed by atoms with van der Waals surface area (Å²) in [6.07, 6.45) is 0. The van der Waals surface area contributed by atoms with E-state index in [4.69, 9.17) is 4.74 Å². The van der Waals surface area contributed by atoms with Crippen molar-refractivity contribution in [2.45, 2.75) is 32.9 Å². The van der Waals surface area contributed by atoms with Crippen molar-refractivity contribution in [2.75, 3.05) is 31.1 Å². The molecule has 1 fully saturated rings. The lowest BCUT2D eigenvalue weighted by atomic mass is 10.0. The number of nitrogens with one attached hydrogen (secondary N) is 1. The number of carbonyl (C=O) groups is 1. The number of hydrogen-bond donors (Lipinski definition) is 2. The molecule has 1 amide bonds. The molecule has 35 heavy (non-hydrogen) atoms. The molecule has 1 aliphatic rings. The van der Waals surface area contributed by atoms with Crippen LogP contribution in [0.15, 0.2) is 78.9 Å². The number of phenolic OH excluding ortho intramolecular Hbond substituents is 1. The average Bonchev–Trinajstić information content (AvgIpc) is 2.84. The Bertz CT molecular complexity index is 1100. The first-order chi connectivity index (χ1) is 16.9. The molecule has 0 radical (unpaired) electrons. The van der Waals surface area contributed by atoms with E-state index in [9.17, 15) is 9.90 Å². The summed E-state index contributed by atoms with van der Waals surface area (Å²) in [6.45, 7) is 9.99. The molecule has 3 aromatic rings. The maximum atomic E-state index is 13.0. The van der Waals surface area contributed by atoms with Crippen molar-refractivity contribution in [3.63, 3.8) is 0 Å². The molecule has 6 nitrogen and oxygen atoms in total. The third kappa shape index (κ3) is 6.55. The predicted molar refractivity (Wildman–Crippen MR) is 140 cm³/mol. The first kappa shape index (κ1) is 24.6. The second-order valence-corrected chi connectivity index (χ2v) is 9.59. The van der Waals surface area contributed by atoms with Crippen molar-refractivity contribution >= 4 is 11.6 Å². The van der Waals surface area contributed by atoms with E-state index in [0.717, 1.165) is 37.6 Å². The Labute approximate surface area is 208 Å². The van der Waals surface area contributed by atoms with Gasteiger partial charge in [-0.25, -0.2) is 0 Å². The number of piperazine rings is 1. The normalized spacial score (nSPS) is 17.3. The van der Waals surface area contributed by atoms with Gasteiger partial charge < -0.3 is 20.1 Å². The topological polar surface area (TPSA) is 65.0 Å². The maximum absolute atomic E-state index is 13.0. The van der Waals surface area contributed by atoms with Gasteiger partial charge in [0.2, 0.25) is 0 Å². The monoisotopic (exact) mass is 473 g/mol. The molecule has 4 rings (SSSR count). The number of benzene rings is 3. The van der Waals surface area contributed by atoms with E-state index >= 15 is 0 Å². The summed E-state index contributed by atoms with van der Waals surface area (Å²) >= 11 is 0. The van der Waals surface area contributed by atoms with Gasteiger partial charge in [-0.3, -0.25) is 9.69 Å². The number of hydrogen-bond acceptors (Lipinski definition) is 5. The van der Waals surface area contributed by atoms with E-state index < -0.39 is 0 Å². The Morgan fingerprint density at radius 3 is 2.37 bits per heavy atom. The zero-order valence-electron chi connectivity index (χ0n) is 20.7. The predicted octanol–water partition coefficient (Wildman–Crippen LogP) is 5.15. The second-order valence-electron chi connectivity index (χ2n) is 9.59. The Kier molecular flexibility index (Phi) is 7.93. The molecule has 0 spiro atoms. The van der Waals surface area contributed by atoms with Gasteiger partial charge in [-0.15, -0.1) is 0 Å². The fraction of sp³-hybridized carbons (Fsp3) is 0.345. The summed E-state index contributed by atoms with van der Waals surface area (Å²) < 4.78 is 5.83. The lowest BCUT2D eigenvalue weighted by molar-refractivity contribution is 0.0903. The third-order valence-electron chi connectivity index (χ3n) is 6.54. The number of anilines is 1. The Morgan fingerprint density at radius 1 is 1.00 bits per heavy atom. The lowest BCUT2D eigenvalue weighted by Crippen LogP contribution is -2.56. The third-order valence-corrected chi connectivity index (χ3v) is 6.54. The molecule has 0 aliphatic carbocycles. The van der Waals surface area contributed by atoms with Crippen molar-refractivity contribution < 1.29 is 14.6 Å². The largest absolute Gasteiger partial charge is 0.508 e. The molecule has 3 aromatic carbocycles. The van der Waals surface area contributed by atoms with Crippen LogP contribution in [0.5, 0.6) is 17.2 Å². The Hall–Kier alpha value is -3.51. The fourth-order valence-electron chi connectivity index (χ4n) is 4.51. The number of phenols is 1. The fourth-order valence-corrected chi connectivity index (χ4v) is 4.51. The van der Waals surface area contributed by atoms with Gasteiger partial charge in [-0.1, -0.05) is 38.1 Å². The quantitative estimate of drug-likeness (QED) is 0.474. The van der Waals surface area contributed by atoms with E-state index in [1.165, 1.54) is 0 Å². The number of para-hydroxylation sites is 1. The van der Waals surface area contributed by atoms with Crippen molar-refractivity contribution in [1.82, 2.24) is 10.2 Å². The van der Waals surface area contributed by atoms with Gasteiger partial charge in [0.15, 0.2) is 0 Å². The van der Waals surface area contributed by atoms with E-state index in [-0.39, 0.29) is 11.9 Å². The zero-order chi connectivity index (χ0) is 24.8. The first-order valence-electron chi connectivity index (χ1n) is 12.3. The smallest absolute Gasteiger partial charge is 0.251 e. The van der Waals surface area contributed by atoms with Crippen LogP contribution in [0, 0.1) is 5.92 Å².